The van der Waals surface area contributed by atoms with Gasteiger partial charge in [-0.3, -0.25) is 0 Å². The Hall–Kier alpha value is -1.73. The maximum absolute atomic E-state index is 12.5. The van der Waals surface area contributed by atoms with E-state index >= 15 is 0 Å². The second-order valence-electron chi connectivity index (χ2n) is 3.85. The van der Waals surface area contributed by atoms with E-state index in [9.17, 15) is 8.42 Å². The van der Waals surface area contributed by atoms with Crippen molar-refractivity contribution >= 4 is 37.0 Å². The molecule has 3 aromatic rings. The minimum absolute atomic E-state index is 0.220. The van der Waals surface area contributed by atoms with Gasteiger partial charge in [0.2, 0.25) is 0 Å². The highest BCUT2D eigenvalue weighted by Gasteiger charge is 2.21. The molecule has 0 atom stereocenters. The first-order valence-electron chi connectivity index (χ1n) is 5.38. The normalized spacial score (nSPS) is 11.8. The molecule has 0 N–H and O–H groups in total. The van der Waals surface area contributed by atoms with E-state index in [0.717, 1.165) is 3.97 Å². The number of aromatic nitrogens is 3. The molecule has 0 saturated carbocycles. The monoisotopic (exact) mass is 337 g/mol. The van der Waals surface area contributed by atoms with Crippen molar-refractivity contribution in [3.63, 3.8) is 0 Å². The van der Waals surface area contributed by atoms with Crippen molar-refractivity contribution in [3.8, 4) is 0 Å². The van der Waals surface area contributed by atoms with Crippen LogP contribution in [0.3, 0.4) is 0 Å². The summed E-state index contributed by atoms with van der Waals surface area (Å²) in [4.78, 5) is 8.15. The molecule has 0 aliphatic rings. The topological polar surface area (TPSA) is 64.8 Å². The molecule has 0 bridgehead atoms. The van der Waals surface area contributed by atoms with Crippen molar-refractivity contribution in [2.45, 2.75) is 4.90 Å². The lowest BCUT2D eigenvalue weighted by molar-refractivity contribution is 0.588. The molecular weight excluding hydrogens is 330 g/mol. The molecule has 19 heavy (non-hydrogen) atoms. The molecule has 5 nitrogen and oxygen atoms in total. The van der Waals surface area contributed by atoms with E-state index in [0.29, 0.717) is 15.5 Å². The number of hydrogen-bond donors (Lipinski definition) is 0. The van der Waals surface area contributed by atoms with Crippen LogP contribution in [0.1, 0.15) is 0 Å². The Balaban J connectivity index is 2.31. The van der Waals surface area contributed by atoms with Crippen molar-refractivity contribution in [2.24, 2.45) is 0 Å². The van der Waals surface area contributed by atoms with Crippen molar-refractivity contribution in [1.29, 1.82) is 0 Å². The van der Waals surface area contributed by atoms with Crippen LogP contribution in [0.4, 0.5) is 0 Å². The largest absolute Gasteiger partial charge is 0.269 e. The van der Waals surface area contributed by atoms with Crippen LogP contribution >= 0.6 is 15.9 Å². The smallest absolute Gasteiger partial charge is 0.244 e. The van der Waals surface area contributed by atoms with Gasteiger partial charge in [0.05, 0.1) is 10.3 Å². The van der Waals surface area contributed by atoms with E-state index in [4.69, 9.17) is 0 Å². The highest BCUT2D eigenvalue weighted by Crippen LogP contribution is 2.27. The minimum atomic E-state index is -3.65. The Morgan fingerprint density at radius 1 is 1.16 bits per heavy atom. The summed E-state index contributed by atoms with van der Waals surface area (Å²) in [6, 6.07) is 8.24. The van der Waals surface area contributed by atoms with E-state index in [-0.39, 0.29) is 4.90 Å². The summed E-state index contributed by atoms with van der Waals surface area (Å²) in [7, 11) is -3.65. The van der Waals surface area contributed by atoms with Crippen molar-refractivity contribution in [3.05, 3.63) is 53.5 Å². The zero-order valence-corrected chi connectivity index (χ0v) is 12.0. The van der Waals surface area contributed by atoms with E-state index < -0.39 is 10.0 Å². The molecule has 7 heteroatoms. The molecular formula is C12H8BrN3O2S. The van der Waals surface area contributed by atoms with E-state index in [1.54, 1.807) is 36.5 Å². The lowest BCUT2D eigenvalue weighted by Crippen LogP contribution is -2.12. The third-order valence-corrected chi connectivity index (χ3v) is 4.98. The lowest BCUT2D eigenvalue weighted by Gasteiger charge is -2.06. The third kappa shape index (κ3) is 1.95. The molecule has 0 saturated heterocycles. The van der Waals surface area contributed by atoms with Gasteiger partial charge in [-0.05, 0) is 28.1 Å². The predicted molar refractivity (Wildman–Crippen MR) is 74.3 cm³/mol. The summed E-state index contributed by atoms with van der Waals surface area (Å²) in [6.07, 6.45) is 4.39. The van der Waals surface area contributed by atoms with E-state index in [2.05, 4.69) is 25.9 Å². The molecule has 0 radical (unpaired) electrons. The van der Waals surface area contributed by atoms with Gasteiger partial charge in [0, 0.05) is 16.9 Å². The number of benzene rings is 1. The van der Waals surface area contributed by atoms with Gasteiger partial charge >= 0.3 is 0 Å². The zero-order valence-electron chi connectivity index (χ0n) is 9.56. The lowest BCUT2D eigenvalue weighted by atomic mass is 10.4. The first-order chi connectivity index (χ1) is 9.10. The maximum Gasteiger partial charge on any atom is 0.269 e. The molecule has 0 spiro atoms. The first kappa shape index (κ1) is 12.3. The molecule has 0 amide bonds. The molecule has 96 valence electrons. The fourth-order valence-electron chi connectivity index (χ4n) is 1.79. The third-order valence-electron chi connectivity index (χ3n) is 2.69. The highest BCUT2D eigenvalue weighted by molar-refractivity contribution is 9.10. The van der Waals surface area contributed by atoms with Crippen LogP contribution in [0.5, 0.6) is 0 Å². The molecule has 3 rings (SSSR count). The maximum atomic E-state index is 12.5. The van der Waals surface area contributed by atoms with Gasteiger partial charge in [0.25, 0.3) is 10.0 Å². The van der Waals surface area contributed by atoms with Crippen LogP contribution in [0, 0.1) is 0 Å². The summed E-state index contributed by atoms with van der Waals surface area (Å²) >= 11 is 3.32. The van der Waals surface area contributed by atoms with E-state index in [1.807, 2.05) is 0 Å². The fourth-order valence-corrected chi connectivity index (χ4v) is 3.76. The molecule has 0 aliphatic carbocycles. The molecule has 2 heterocycles. The molecule has 0 unspecified atom stereocenters. The fraction of sp³-hybridized carbons (Fsp3) is 0. The van der Waals surface area contributed by atoms with Crippen molar-refractivity contribution in [1.82, 2.24) is 13.9 Å². The van der Waals surface area contributed by atoms with Crippen LogP contribution in [-0.2, 0) is 10.0 Å². The molecule has 0 fully saturated rings. The quantitative estimate of drug-likeness (QED) is 0.720. The van der Waals surface area contributed by atoms with Crippen LogP contribution in [0.2, 0.25) is 0 Å². The Labute approximate surface area is 118 Å². The zero-order chi connectivity index (χ0) is 13.5. The van der Waals surface area contributed by atoms with Crippen LogP contribution in [0.15, 0.2) is 58.4 Å². The van der Waals surface area contributed by atoms with Crippen LogP contribution < -0.4 is 0 Å². The number of nitrogens with zero attached hydrogens (tertiary/aromatic N) is 3. The first-order valence-corrected chi connectivity index (χ1v) is 7.61. The Morgan fingerprint density at radius 3 is 2.63 bits per heavy atom. The number of fused-ring (bicyclic) bond motifs is 1. The average Bonchev–Trinajstić information content (AvgIpc) is 2.79. The standard InChI is InChI=1S/C12H8BrN3O2S/c13-11-7-16(12-10(11)6-14-8-15-12)19(17,18)9-4-2-1-3-5-9/h1-8H. The van der Waals surface area contributed by atoms with Gasteiger partial charge < -0.3 is 0 Å². The molecule has 0 aliphatic heterocycles. The predicted octanol–water partition coefficient (Wildman–Crippen LogP) is 2.43. The summed E-state index contributed by atoms with van der Waals surface area (Å²) in [5, 5.41) is 0.655. The minimum Gasteiger partial charge on any atom is -0.244 e. The van der Waals surface area contributed by atoms with E-state index in [1.165, 1.54) is 12.5 Å². The van der Waals surface area contributed by atoms with Crippen molar-refractivity contribution < 1.29 is 8.42 Å². The number of halogens is 1. The van der Waals surface area contributed by atoms with Crippen molar-refractivity contribution in [2.75, 3.05) is 0 Å². The summed E-state index contributed by atoms with van der Waals surface area (Å²) < 4.78 is 26.9. The Bertz CT molecular complexity index is 844. The van der Waals surface area contributed by atoms with Gasteiger partial charge in [-0.15, -0.1) is 0 Å². The molecule has 1 aromatic carbocycles. The van der Waals surface area contributed by atoms with Gasteiger partial charge in [0.15, 0.2) is 5.65 Å². The highest BCUT2D eigenvalue weighted by atomic mass is 79.9. The Morgan fingerprint density at radius 2 is 1.89 bits per heavy atom. The number of hydrogen-bond acceptors (Lipinski definition) is 4. The summed E-state index contributed by atoms with van der Waals surface area (Å²) in [5.41, 5.74) is 0.353. The van der Waals surface area contributed by atoms with Crippen LogP contribution in [0.25, 0.3) is 11.0 Å². The van der Waals surface area contributed by atoms with Gasteiger partial charge in [-0.25, -0.2) is 22.4 Å². The van der Waals surface area contributed by atoms with Crippen LogP contribution in [-0.4, -0.2) is 22.4 Å². The SMILES string of the molecule is O=S(=O)(c1ccccc1)n1cc(Br)c2cncnc21. The Kier molecular flexibility index (Phi) is 2.87. The second-order valence-corrected chi connectivity index (χ2v) is 6.52. The summed E-state index contributed by atoms with van der Waals surface area (Å²) in [6.45, 7) is 0. The second kappa shape index (κ2) is 4.43. The van der Waals surface area contributed by atoms with Gasteiger partial charge in [-0.2, -0.15) is 0 Å². The van der Waals surface area contributed by atoms with Gasteiger partial charge in [0.1, 0.15) is 6.33 Å². The van der Waals surface area contributed by atoms with Gasteiger partial charge in [-0.1, -0.05) is 18.2 Å². The summed E-state index contributed by atoms with van der Waals surface area (Å²) in [5.74, 6) is 0. The average molecular weight is 338 g/mol. The number of rotatable bonds is 2. The molecule has 2 aromatic heterocycles.